The molecule has 18 heavy (non-hydrogen) atoms. The van der Waals surface area contributed by atoms with Gasteiger partial charge in [0.25, 0.3) is 0 Å². The van der Waals surface area contributed by atoms with Gasteiger partial charge in [-0.1, -0.05) is 25.1 Å². The second-order valence-electron chi connectivity index (χ2n) is 4.10. The van der Waals surface area contributed by atoms with Crippen molar-refractivity contribution in [3.8, 4) is 11.5 Å². The molecule has 2 rings (SSSR count). The first-order valence-electron chi connectivity index (χ1n) is 6.21. The molecule has 0 saturated carbocycles. The lowest BCUT2D eigenvalue weighted by molar-refractivity contribution is 0.170. The highest BCUT2D eigenvalue weighted by atomic mass is 16.5. The van der Waals surface area contributed by atoms with Gasteiger partial charge >= 0.3 is 0 Å². The summed E-state index contributed by atoms with van der Waals surface area (Å²) >= 11 is 0. The zero-order valence-corrected chi connectivity index (χ0v) is 10.7. The van der Waals surface area contributed by atoms with Crippen LogP contribution in [0.2, 0.25) is 0 Å². The number of nitrogens with zero attached hydrogens (tertiary/aromatic N) is 2. The second kappa shape index (κ2) is 5.69. The smallest absolute Gasteiger partial charge is 0.165 e. The van der Waals surface area contributed by atoms with E-state index in [0.717, 1.165) is 12.1 Å². The number of aryl methyl sites for hydroxylation is 1. The van der Waals surface area contributed by atoms with Crippen molar-refractivity contribution in [2.75, 3.05) is 0 Å². The molecule has 0 aliphatic carbocycles. The number of para-hydroxylation sites is 1. The van der Waals surface area contributed by atoms with Crippen LogP contribution in [0.1, 0.15) is 31.9 Å². The Kier molecular flexibility index (Phi) is 3.99. The summed E-state index contributed by atoms with van der Waals surface area (Å²) in [6.45, 7) is 4.77. The van der Waals surface area contributed by atoms with E-state index in [-0.39, 0.29) is 0 Å². The van der Waals surface area contributed by atoms with Gasteiger partial charge in [0.05, 0.1) is 18.5 Å². The lowest BCUT2D eigenvalue weighted by Gasteiger charge is -2.13. The number of ether oxygens (including phenoxy) is 1. The Hall–Kier alpha value is -1.81. The molecular formula is C14H18N2O2. The molecular weight excluding hydrogens is 228 g/mol. The molecule has 96 valence electrons. The maximum atomic E-state index is 9.94. The van der Waals surface area contributed by atoms with Crippen LogP contribution in [0.4, 0.5) is 0 Å². The molecule has 0 saturated heterocycles. The first-order valence-corrected chi connectivity index (χ1v) is 6.21. The zero-order chi connectivity index (χ0) is 13.0. The van der Waals surface area contributed by atoms with Gasteiger partial charge in [-0.25, -0.2) is 0 Å². The van der Waals surface area contributed by atoms with Crippen molar-refractivity contribution in [2.24, 2.45) is 0 Å². The Bertz CT molecular complexity index is 508. The molecule has 1 aromatic heterocycles. The van der Waals surface area contributed by atoms with Crippen molar-refractivity contribution >= 4 is 0 Å². The molecule has 2 aromatic rings. The third-order valence-corrected chi connectivity index (χ3v) is 2.83. The summed E-state index contributed by atoms with van der Waals surface area (Å²) in [6, 6.07) is 7.53. The van der Waals surface area contributed by atoms with Gasteiger partial charge in [0.2, 0.25) is 0 Å². The molecule has 4 nitrogen and oxygen atoms in total. The molecule has 0 spiro atoms. The second-order valence-corrected chi connectivity index (χ2v) is 4.10. The summed E-state index contributed by atoms with van der Waals surface area (Å²) < 4.78 is 7.57. The number of benzene rings is 1. The molecule has 1 N–H and O–H groups in total. The fourth-order valence-corrected chi connectivity index (χ4v) is 1.77. The van der Waals surface area contributed by atoms with Crippen LogP contribution in [0.25, 0.3) is 0 Å². The standard InChI is InChI=1S/C14H18N2O2/c1-3-13(17)12-7-5-6-8-14(12)18-11-9-15-16(4-2)10-11/h5-10,13,17H,3-4H2,1-2H3/t13-/m0/s1. The van der Waals surface area contributed by atoms with Crippen molar-refractivity contribution in [3.05, 3.63) is 42.2 Å². The van der Waals surface area contributed by atoms with Crippen molar-refractivity contribution in [1.82, 2.24) is 9.78 Å². The lowest BCUT2D eigenvalue weighted by Crippen LogP contribution is -1.98. The van der Waals surface area contributed by atoms with E-state index in [1.807, 2.05) is 44.3 Å². The maximum absolute atomic E-state index is 9.94. The van der Waals surface area contributed by atoms with Crippen LogP contribution in [0.15, 0.2) is 36.7 Å². The van der Waals surface area contributed by atoms with E-state index in [0.29, 0.717) is 17.9 Å². The highest BCUT2D eigenvalue weighted by molar-refractivity contribution is 5.38. The van der Waals surface area contributed by atoms with Crippen molar-refractivity contribution < 1.29 is 9.84 Å². The van der Waals surface area contributed by atoms with Gasteiger partial charge in [0.1, 0.15) is 5.75 Å². The normalized spacial score (nSPS) is 12.4. The largest absolute Gasteiger partial charge is 0.454 e. The fraction of sp³-hybridized carbons (Fsp3) is 0.357. The van der Waals surface area contributed by atoms with Gasteiger partial charge in [-0.15, -0.1) is 0 Å². The van der Waals surface area contributed by atoms with E-state index >= 15 is 0 Å². The minimum absolute atomic E-state index is 0.498. The minimum Gasteiger partial charge on any atom is -0.454 e. The average molecular weight is 246 g/mol. The molecule has 4 heteroatoms. The highest BCUT2D eigenvalue weighted by Crippen LogP contribution is 2.30. The third-order valence-electron chi connectivity index (χ3n) is 2.83. The first kappa shape index (κ1) is 12.6. The van der Waals surface area contributed by atoms with Crippen LogP contribution in [0.5, 0.6) is 11.5 Å². The Morgan fingerprint density at radius 2 is 2.11 bits per heavy atom. The molecule has 0 radical (unpaired) electrons. The molecule has 1 atom stereocenters. The Labute approximate surface area is 107 Å². The molecule has 0 aliphatic rings. The molecule has 0 aliphatic heterocycles. The summed E-state index contributed by atoms with van der Waals surface area (Å²) in [5.74, 6) is 1.37. The van der Waals surface area contributed by atoms with Crippen LogP contribution in [-0.2, 0) is 6.54 Å². The van der Waals surface area contributed by atoms with Crippen LogP contribution >= 0.6 is 0 Å². The average Bonchev–Trinajstić information content (AvgIpc) is 2.86. The van der Waals surface area contributed by atoms with Gasteiger partial charge in [-0.2, -0.15) is 5.10 Å². The minimum atomic E-state index is -0.498. The Balaban J connectivity index is 2.23. The van der Waals surface area contributed by atoms with Crippen molar-refractivity contribution in [2.45, 2.75) is 32.9 Å². The van der Waals surface area contributed by atoms with E-state index in [1.54, 1.807) is 10.9 Å². The van der Waals surface area contributed by atoms with Crippen LogP contribution < -0.4 is 4.74 Å². The topological polar surface area (TPSA) is 47.3 Å². The van der Waals surface area contributed by atoms with Gasteiger partial charge in [-0.3, -0.25) is 4.68 Å². The van der Waals surface area contributed by atoms with Crippen LogP contribution in [0, 0.1) is 0 Å². The van der Waals surface area contributed by atoms with Crippen LogP contribution in [-0.4, -0.2) is 14.9 Å². The lowest BCUT2D eigenvalue weighted by atomic mass is 10.1. The van der Waals surface area contributed by atoms with E-state index < -0.39 is 6.10 Å². The van der Waals surface area contributed by atoms with E-state index in [1.165, 1.54) is 0 Å². The summed E-state index contributed by atoms with van der Waals surface area (Å²) in [5, 5.41) is 14.1. The number of hydrogen-bond acceptors (Lipinski definition) is 3. The molecule has 1 heterocycles. The summed E-state index contributed by atoms with van der Waals surface area (Å²) in [6.07, 6.45) is 3.69. The Morgan fingerprint density at radius 3 is 2.78 bits per heavy atom. The van der Waals surface area contributed by atoms with Crippen molar-refractivity contribution in [3.63, 3.8) is 0 Å². The van der Waals surface area contributed by atoms with Gasteiger partial charge in [0.15, 0.2) is 5.75 Å². The molecule has 0 bridgehead atoms. The summed E-state index contributed by atoms with van der Waals surface area (Å²) in [7, 11) is 0. The number of hydrogen-bond donors (Lipinski definition) is 1. The van der Waals surface area contributed by atoms with Crippen molar-refractivity contribution in [1.29, 1.82) is 0 Å². The highest BCUT2D eigenvalue weighted by Gasteiger charge is 2.12. The third kappa shape index (κ3) is 2.71. The number of aromatic nitrogens is 2. The predicted octanol–water partition coefficient (Wildman–Crippen LogP) is 3.14. The number of aliphatic hydroxyl groups is 1. The Morgan fingerprint density at radius 1 is 1.33 bits per heavy atom. The molecule has 0 unspecified atom stereocenters. The summed E-state index contributed by atoms with van der Waals surface area (Å²) in [4.78, 5) is 0. The zero-order valence-electron chi connectivity index (χ0n) is 10.7. The molecule has 1 aromatic carbocycles. The first-order chi connectivity index (χ1) is 8.74. The van der Waals surface area contributed by atoms with Gasteiger partial charge in [0, 0.05) is 12.1 Å². The van der Waals surface area contributed by atoms with Gasteiger partial charge in [-0.05, 0) is 19.4 Å². The fourth-order valence-electron chi connectivity index (χ4n) is 1.77. The maximum Gasteiger partial charge on any atom is 0.165 e. The van der Waals surface area contributed by atoms with E-state index in [2.05, 4.69) is 5.10 Å². The number of rotatable bonds is 5. The molecule has 0 amide bonds. The van der Waals surface area contributed by atoms with Gasteiger partial charge < -0.3 is 9.84 Å². The van der Waals surface area contributed by atoms with E-state index in [9.17, 15) is 5.11 Å². The monoisotopic (exact) mass is 246 g/mol. The molecule has 0 fully saturated rings. The predicted molar refractivity (Wildman–Crippen MR) is 69.7 cm³/mol. The number of aliphatic hydroxyl groups excluding tert-OH is 1. The van der Waals surface area contributed by atoms with Crippen LogP contribution in [0.3, 0.4) is 0 Å². The van der Waals surface area contributed by atoms with E-state index in [4.69, 9.17) is 4.74 Å². The quantitative estimate of drug-likeness (QED) is 0.881. The summed E-state index contributed by atoms with van der Waals surface area (Å²) in [5.41, 5.74) is 0.809. The SMILES string of the molecule is CC[C@H](O)c1ccccc1Oc1cnn(CC)c1.